The first-order chi connectivity index (χ1) is 14.3. The second-order valence-electron chi connectivity index (χ2n) is 6.80. The molecule has 0 aromatic heterocycles. The SMILES string of the molecule is COC(OC)C(=O)C(Cc1cc(F)ccc1Cl)=C(SC)N1CCC[C@@H](NC(=O)O)C1. The molecule has 1 amide bonds. The van der Waals surface area contributed by atoms with Crippen LogP contribution in [-0.4, -0.2) is 67.8 Å². The number of Topliss-reactive ketones (excluding diaryl/α,β-unsaturated/α-hetero) is 1. The van der Waals surface area contributed by atoms with E-state index in [9.17, 15) is 14.0 Å². The molecule has 1 aliphatic heterocycles. The number of carbonyl (C=O) groups excluding carboxylic acids is 1. The number of amides is 1. The fraction of sp³-hybridized carbons (Fsp3) is 0.500. The van der Waals surface area contributed by atoms with Crippen molar-refractivity contribution in [3.8, 4) is 0 Å². The first kappa shape index (κ1) is 24.5. The van der Waals surface area contributed by atoms with E-state index in [1.54, 1.807) is 0 Å². The molecule has 0 saturated carbocycles. The molecule has 166 valence electrons. The van der Waals surface area contributed by atoms with E-state index in [1.165, 1.54) is 44.2 Å². The summed E-state index contributed by atoms with van der Waals surface area (Å²) in [6, 6.07) is 3.75. The lowest BCUT2D eigenvalue weighted by molar-refractivity contribution is -0.152. The second kappa shape index (κ2) is 11.5. The van der Waals surface area contributed by atoms with E-state index in [2.05, 4.69) is 5.32 Å². The lowest BCUT2D eigenvalue weighted by atomic mass is 10.00. The maximum absolute atomic E-state index is 13.8. The van der Waals surface area contributed by atoms with Gasteiger partial charge in [-0.05, 0) is 42.9 Å². The van der Waals surface area contributed by atoms with Crippen molar-refractivity contribution < 1.29 is 28.6 Å². The molecule has 0 radical (unpaired) electrons. The van der Waals surface area contributed by atoms with E-state index in [1.807, 2.05) is 11.2 Å². The zero-order valence-electron chi connectivity index (χ0n) is 17.1. The third kappa shape index (κ3) is 6.34. The van der Waals surface area contributed by atoms with E-state index < -0.39 is 24.0 Å². The molecule has 1 saturated heterocycles. The lowest BCUT2D eigenvalue weighted by Gasteiger charge is -2.36. The van der Waals surface area contributed by atoms with Crippen molar-refractivity contribution >= 4 is 35.2 Å². The number of halogens is 2. The first-order valence-corrected chi connectivity index (χ1v) is 11.0. The normalized spacial score (nSPS) is 17.7. The number of ketones is 1. The standard InChI is InChI=1S/C20H26ClFN2O5S/c1-28-19(29-2)17(25)15(10-12-9-13(22)6-7-16(12)21)18(30-3)24-8-4-5-14(11-24)23-20(26)27/h6-7,9,14,19,23H,4-5,8,10-11H2,1-3H3,(H,26,27)/t14-/m1/s1. The number of methoxy groups -OCH3 is 2. The molecule has 1 heterocycles. The number of nitrogens with zero attached hydrogens (tertiary/aromatic N) is 1. The summed E-state index contributed by atoms with van der Waals surface area (Å²) in [6.45, 7) is 1.08. The number of benzene rings is 1. The summed E-state index contributed by atoms with van der Waals surface area (Å²) in [6.07, 6.45) is 1.18. The molecular formula is C20H26ClFN2O5S. The highest BCUT2D eigenvalue weighted by atomic mass is 35.5. The Kier molecular flexibility index (Phi) is 9.41. The first-order valence-electron chi connectivity index (χ1n) is 9.36. The van der Waals surface area contributed by atoms with Gasteiger partial charge in [0.2, 0.25) is 12.1 Å². The number of thioether (sulfide) groups is 1. The molecule has 7 nitrogen and oxygen atoms in total. The number of likely N-dealkylation sites (tertiary alicyclic amines) is 1. The number of ether oxygens (including phenoxy) is 2. The van der Waals surface area contributed by atoms with Crippen LogP contribution in [0.25, 0.3) is 0 Å². The average molecular weight is 461 g/mol. The fourth-order valence-electron chi connectivity index (χ4n) is 3.49. The third-order valence-corrected chi connectivity index (χ3v) is 6.06. The van der Waals surface area contributed by atoms with Crippen molar-refractivity contribution in [3.63, 3.8) is 0 Å². The maximum atomic E-state index is 13.8. The molecule has 1 aliphatic rings. The highest BCUT2D eigenvalue weighted by Crippen LogP contribution is 2.31. The van der Waals surface area contributed by atoms with Gasteiger partial charge in [0.15, 0.2) is 0 Å². The second-order valence-corrected chi connectivity index (χ2v) is 8.00. The van der Waals surface area contributed by atoms with Crippen LogP contribution in [0.4, 0.5) is 9.18 Å². The molecule has 0 aliphatic carbocycles. The number of carbonyl (C=O) groups is 2. The number of piperidine rings is 1. The minimum Gasteiger partial charge on any atom is -0.465 e. The van der Waals surface area contributed by atoms with Crippen molar-refractivity contribution in [3.05, 3.63) is 45.2 Å². The summed E-state index contributed by atoms with van der Waals surface area (Å²) in [5.41, 5.74) is 0.842. The van der Waals surface area contributed by atoms with Crippen LogP contribution in [0, 0.1) is 5.82 Å². The summed E-state index contributed by atoms with van der Waals surface area (Å²) in [5.74, 6) is -0.844. The van der Waals surface area contributed by atoms with Crippen molar-refractivity contribution in [1.29, 1.82) is 0 Å². The van der Waals surface area contributed by atoms with Crippen LogP contribution in [0.1, 0.15) is 18.4 Å². The Hall–Kier alpha value is -1.81. The van der Waals surface area contributed by atoms with Crippen LogP contribution in [0.2, 0.25) is 5.02 Å². The molecule has 1 fully saturated rings. The van der Waals surface area contributed by atoms with E-state index in [-0.39, 0.29) is 12.5 Å². The quantitative estimate of drug-likeness (QED) is 0.430. The van der Waals surface area contributed by atoms with Gasteiger partial charge in [-0.3, -0.25) is 4.79 Å². The van der Waals surface area contributed by atoms with Crippen LogP contribution in [0.5, 0.6) is 0 Å². The van der Waals surface area contributed by atoms with Crippen LogP contribution in [-0.2, 0) is 20.7 Å². The third-order valence-electron chi connectivity index (χ3n) is 4.80. The zero-order valence-corrected chi connectivity index (χ0v) is 18.7. The predicted octanol–water partition coefficient (Wildman–Crippen LogP) is 3.52. The molecule has 1 atom stereocenters. The number of rotatable bonds is 9. The van der Waals surface area contributed by atoms with Crippen LogP contribution in [0.15, 0.2) is 28.8 Å². The van der Waals surface area contributed by atoms with E-state index in [0.717, 1.165) is 6.42 Å². The Morgan fingerprint density at radius 2 is 2.10 bits per heavy atom. The van der Waals surface area contributed by atoms with Gasteiger partial charge in [0.1, 0.15) is 5.82 Å². The van der Waals surface area contributed by atoms with Crippen molar-refractivity contribution in [2.75, 3.05) is 33.6 Å². The summed E-state index contributed by atoms with van der Waals surface area (Å²) in [7, 11) is 2.73. The molecule has 1 aromatic rings. The van der Waals surface area contributed by atoms with Gasteiger partial charge in [-0.15, -0.1) is 11.8 Å². The number of hydrogen-bond donors (Lipinski definition) is 2. The van der Waals surface area contributed by atoms with Gasteiger partial charge in [0.25, 0.3) is 0 Å². The van der Waals surface area contributed by atoms with Crippen LogP contribution < -0.4 is 5.32 Å². The Morgan fingerprint density at radius 3 is 2.70 bits per heavy atom. The van der Waals surface area contributed by atoms with Gasteiger partial charge in [0.05, 0.1) is 5.03 Å². The molecule has 0 spiro atoms. The molecule has 10 heteroatoms. The van der Waals surface area contributed by atoms with Gasteiger partial charge >= 0.3 is 6.09 Å². The topological polar surface area (TPSA) is 88.1 Å². The van der Waals surface area contributed by atoms with Crippen molar-refractivity contribution in [2.45, 2.75) is 31.6 Å². The monoisotopic (exact) mass is 460 g/mol. The molecule has 30 heavy (non-hydrogen) atoms. The lowest BCUT2D eigenvalue weighted by Crippen LogP contribution is -2.47. The Labute approximate surface area is 184 Å². The zero-order chi connectivity index (χ0) is 22.3. The summed E-state index contributed by atoms with van der Waals surface area (Å²) in [4.78, 5) is 26.2. The molecule has 2 rings (SSSR count). The maximum Gasteiger partial charge on any atom is 0.404 e. The largest absolute Gasteiger partial charge is 0.465 e. The molecule has 0 unspecified atom stereocenters. The van der Waals surface area contributed by atoms with Crippen LogP contribution in [0.3, 0.4) is 0 Å². The molecular weight excluding hydrogens is 435 g/mol. The van der Waals surface area contributed by atoms with Gasteiger partial charge in [-0.1, -0.05) is 11.6 Å². The highest BCUT2D eigenvalue weighted by Gasteiger charge is 2.30. The average Bonchev–Trinajstić information content (AvgIpc) is 2.71. The minimum atomic E-state index is -1.12. The summed E-state index contributed by atoms with van der Waals surface area (Å²) < 4.78 is 24.1. The summed E-state index contributed by atoms with van der Waals surface area (Å²) >= 11 is 7.61. The van der Waals surface area contributed by atoms with E-state index >= 15 is 0 Å². The van der Waals surface area contributed by atoms with Crippen molar-refractivity contribution in [1.82, 2.24) is 10.2 Å². The smallest absolute Gasteiger partial charge is 0.404 e. The van der Waals surface area contributed by atoms with Gasteiger partial charge in [0, 0.05) is 50.4 Å². The van der Waals surface area contributed by atoms with Crippen molar-refractivity contribution in [2.24, 2.45) is 0 Å². The van der Waals surface area contributed by atoms with Gasteiger partial charge in [-0.25, -0.2) is 9.18 Å². The Morgan fingerprint density at radius 1 is 1.40 bits per heavy atom. The summed E-state index contributed by atoms with van der Waals surface area (Å²) in [5, 5.41) is 12.6. The number of carboxylic acid groups (broad SMARTS) is 1. The molecule has 0 bridgehead atoms. The number of hydrogen-bond acceptors (Lipinski definition) is 6. The predicted molar refractivity (Wildman–Crippen MR) is 114 cm³/mol. The highest BCUT2D eigenvalue weighted by molar-refractivity contribution is 8.02. The van der Waals surface area contributed by atoms with Gasteiger partial charge in [-0.2, -0.15) is 0 Å². The Bertz CT molecular complexity index is 803. The van der Waals surface area contributed by atoms with E-state index in [0.29, 0.717) is 40.7 Å². The number of nitrogens with one attached hydrogen (secondary N) is 1. The molecule has 2 N–H and O–H groups in total. The Balaban J connectivity index is 2.47. The van der Waals surface area contributed by atoms with Crippen LogP contribution >= 0.6 is 23.4 Å². The molecule has 1 aromatic carbocycles. The van der Waals surface area contributed by atoms with Gasteiger partial charge < -0.3 is 24.8 Å². The minimum absolute atomic E-state index is 0.0857. The fourth-order valence-corrected chi connectivity index (χ4v) is 4.51. The van der Waals surface area contributed by atoms with E-state index in [4.69, 9.17) is 26.2 Å².